The lowest BCUT2D eigenvalue weighted by molar-refractivity contribution is -0.384. The Labute approximate surface area is 119 Å². The highest BCUT2D eigenvalue weighted by Gasteiger charge is 2.07. The minimum atomic E-state index is -0.401. The predicted molar refractivity (Wildman–Crippen MR) is 80.0 cm³/mol. The van der Waals surface area contributed by atoms with E-state index < -0.39 is 4.92 Å². The molecule has 2 heterocycles. The van der Waals surface area contributed by atoms with Crippen molar-refractivity contribution in [1.82, 2.24) is 4.98 Å². The Balaban J connectivity index is 1.83. The van der Waals surface area contributed by atoms with Crippen molar-refractivity contribution in [1.29, 1.82) is 0 Å². The van der Waals surface area contributed by atoms with E-state index in [0.717, 1.165) is 23.3 Å². The minimum absolute atomic E-state index is 0.0817. The van der Waals surface area contributed by atoms with Gasteiger partial charge in [-0.25, -0.2) is 4.98 Å². The summed E-state index contributed by atoms with van der Waals surface area (Å²) in [5, 5.41) is 18.8. The Morgan fingerprint density at radius 3 is 2.90 bits per heavy atom. The van der Waals surface area contributed by atoms with Crippen LogP contribution in [0.2, 0.25) is 0 Å². The van der Waals surface area contributed by atoms with Crippen LogP contribution < -0.4 is 5.32 Å². The fourth-order valence-corrected chi connectivity index (χ4v) is 2.58. The van der Waals surface area contributed by atoms with Crippen LogP contribution in [0.25, 0.3) is 10.9 Å². The van der Waals surface area contributed by atoms with E-state index in [9.17, 15) is 10.1 Å². The average molecular weight is 285 g/mol. The zero-order valence-corrected chi connectivity index (χ0v) is 11.3. The van der Waals surface area contributed by atoms with Crippen LogP contribution in [0.3, 0.4) is 0 Å². The first-order valence-corrected chi connectivity index (χ1v) is 6.97. The summed E-state index contributed by atoms with van der Waals surface area (Å²) in [6, 6.07) is 10.4. The number of nitro groups is 1. The van der Waals surface area contributed by atoms with E-state index in [1.165, 1.54) is 17.7 Å². The van der Waals surface area contributed by atoms with E-state index in [2.05, 4.69) is 21.7 Å². The van der Waals surface area contributed by atoms with Crippen molar-refractivity contribution in [2.75, 3.05) is 5.32 Å². The molecule has 0 saturated heterocycles. The van der Waals surface area contributed by atoms with Crippen LogP contribution in [0, 0.1) is 10.1 Å². The number of pyridine rings is 1. The zero-order valence-electron chi connectivity index (χ0n) is 10.4. The monoisotopic (exact) mass is 285 g/mol. The van der Waals surface area contributed by atoms with Gasteiger partial charge in [-0.05, 0) is 40.6 Å². The van der Waals surface area contributed by atoms with Crippen molar-refractivity contribution in [2.45, 2.75) is 6.54 Å². The fourth-order valence-electron chi connectivity index (χ4n) is 1.91. The number of rotatable bonds is 4. The lowest BCUT2D eigenvalue weighted by Crippen LogP contribution is -2.00. The number of fused-ring (bicyclic) bond motifs is 1. The lowest BCUT2D eigenvalue weighted by Gasteiger charge is -2.05. The van der Waals surface area contributed by atoms with E-state index in [-0.39, 0.29) is 5.69 Å². The first-order chi connectivity index (χ1) is 9.72. The molecule has 0 aliphatic carbocycles. The van der Waals surface area contributed by atoms with Gasteiger partial charge in [0.25, 0.3) is 5.69 Å². The maximum atomic E-state index is 10.7. The van der Waals surface area contributed by atoms with Crippen LogP contribution >= 0.6 is 11.3 Å². The number of benzene rings is 1. The molecule has 5 nitrogen and oxygen atoms in total. The van der Waals surface area contributed by atoms with Gasteiger partial charge in [0, 0.05) is 24.1 Å². The summed E-state index contributed by atoms with van der Waals surface area (Å²) in [6.45, 7) is 0.717. The first-order valence-electron chi connectivity index (χ1n) is 6.02. The number of thiophene rings is 1. The van der Waals surface area contributed by atoms with Crippen LogP contribution in [0.5, 0.6) is 0 Å². The molecule has 0 amide bonds. The van der Waals surface area contributed by atoms with Crippen LogP contribution in [0.15, 0.2) is 47.2 Å². The van der Waals surface area contributed by atoms with Crippen molar-refractivity contribution in [3.8, 4) is 0 Å². The van der Waals surface area contributed by atoms with Gasteiger partial charge in [0.05, 0.1) is 10.4 Å². The van der Waals surface area contributed by atoms with Gasteiger partial charge in [0.2, 0.25) is 0 Å². The second kappa shape index (κ2) is 5.26. The number of nitrogens with one attached hydrogen (secondary N) is 1. The van der Waals surface area contributed by atoms with Gasteiger partial charge >= 0.3 is 0 Å². The van der Waals surface area contributed by atoms with Crippen molar-refractivity contribution in [2.24, 2.45) is 0 Å². The highest BCUT2D eigenvalue weighted by Crippen LogP contribution is 2.21. The quantitative estimate of drug-likeness (QED) is 0.584. The molecular weight excluding hydrogens is 274 g/mol. The number of nitrogens with zero attached hydrogens (tertiary/aromatic N) is 2. The second-order valence-corrected chi connectivity index (χ2v) is 5.10. The molecule has 0 aliphatic heterocycles. The molecule has 0 bridgehead atoms. The van der Waals surface area contributed by atoms with Crippen LogP contribution in [-0.4, -0.2) is 9.91 Å². The van der Waals surface area contributed by atoms with Gasteiger partial charge in [-0.2, -0.15) is 11.3 Å². The third-order valence-electron chi connectivity index (χ3n) is 2.94. The highest BCUT2D eigenvalue weighted by molar-refractivity contribution is 7.07. The third-order valence-corrected chi connectivity index (χ3v) is 3.67. The van der Waals surface area contributed by atoms with Gasteiger partial charge in [0.15, 0.2) is 0 Å². The normalized spacial score (nSPS) is 10.6. The van der Waals surface area contributed by atoms with Gasteiger partial charge in [-0.3, -0.25) is 10.1 Å². The predicted octanol–water partition coefficient (Wildman–Crippen LogP) is 3.82. The Morgan fingerprint density at radius 1 is 1.25 bits per heavy atom. The Morgan fingerprint density at radius 2 is 2.15 bits per heavy atom. The summed E-state index contributed by atoms with van der Waals surface area (Å²) in [7, 11) is 0. The molecule has 0 radical (unpaired) electrons. The molecule has 0 unspecified atom stereocenters. The Kier molecular flexibility index (Phi) is 3.30. The molecule has 100 valence electrons. The summed E-state index contributed by atoms with van der Waals surface area (Å²) in [5.74, 6) is 0.762. The van der Waals surface area contributed by atoms with Crippen molar-refractivity contribution >= 4 is 33.7 Å². The third kappa shape index (κ3) is 2.60. The number of nitro benzene ring substituents is 1. The van der Waals surface area contributed by atoms with E-state index in [1.54, 1.807) is 17.4 Å². The topological polar surface area (TPSA) is 68.1 Å². The molecule has 3 aromatic rings. The summed E-state index contributed by atoms with van der Waals surface area (Å²) in [5.41, 5.74) is 2.03. The molecular formula is C14H11N3O2S. The summed E-state index contributed by atoms with van der Waals surface area (Å²) in [4.78, 5) is 14.8. The van der Waals surface area contributed by atoms with Crippen molar-refractivity contribution in [3.63, 3.8) is 0 Å². The second-order valence-electron chi connectivity index (χ2n) is 4.32. The molecule has 1 aromatic carbocycles. The minimum Gasteiger partial charge on any atom is -0.366 e. The Bertz CT molecular complexity index is 756. The molecule has 0 aliphatic rings. The maximum absolute atomic E-state index is 10.7. The van der Waals surface area contributed by atoms with Gasteiger partial charge in [-0.1, -0.05) is 0 Å². The van der Waals surface area contributed by atoms with Crippen LogP contribution in [0.1, 0.15) is 5.56 Å². The molecule has 20 heavy (non-hydrogen) atoms. The maximum Gasteiger partial charge on any atom is 0.270 e. The van der Waals surface area contributed by atoms with Crippen LogP contribution in [0.4, 0.5) is 11.5 Å². The molecule has 6 heteroatoms. The standard InChI is InChI=1S/C14H11N3O2S/c18-17(19)12-2-3-13-11(7-12)1-4-14(16-13)15-8-10-5-6-20-9-10/h1-7,9H,8H2,(H,15,16). The number of hydrogen-bond donors (Lipinski definition) is 1. The Hall–Kier alpha value is -2.47. The molecule has 0 saturated carbocycles. The molecule has 2 aromatic heterocycles. The van der Waals surface area contributed by atoms with Gasteiger partial charge in [0.1, 0.15) is 5.82 Å². The molecule has 0 spiro atoms. The SMILES string of the molecule is O=[N+]([O-])c1ccc2nc(NCc3ccsc3)ccc2c1. The largest absolute Gasteiger partial charge is 0.366 e. The number of anilines is 1. The number of non-ortho nitro benzene ring substituents is 1. The van der Waals surface area contributed by atoms with E-state index in [4.69, 9.17) is 0 Å². The lowest BCUT2D eigenvalue weighted by atomic mass is 10.2. The molecule has 0 fully saturated rings. The number of hydrogen-bond acceptors (Lipinski definition) is 5. The van der Waals surface area contributed by atoms with E-state index >= 15 is 0 Å². The van der Waals surface area contributed by atoms with Gasteiger partial charge < -0.3 is 5.32 Å². The van der Waals surface area contributed by atoms with Crippen molar-refractivity contribution in [3.05, 3.63) is 62.8 Å². The summed E-state index contributed by atoms with van der Waals surface area (Å²) in [6.07, 6.45) is 0. The summed E-state index contributed by atoms with van der Waals surface area (Å²) >= 11 is 1.66. The summed E-state index contributed by atoms with van der Waals surface area (Å²) < 4.78 is 0. The van der Waals surface area contributed by atoms with E-state index in [0.29, 0.717) is 0 Å². The molecule has 1 N–H and O–H groups in total. The fraction of sp³-hybridized carbons (Fsp3) is 0.0714. The highest BCUT2D eigenvalue weighted by atomic mass is 32.1. The molecule has 0 atom stereocenters. The number of aromatic nitrogens is 1. The molecule has 3 rings (SSSR count). The first kappa shape index (κ1) is 12.6. The van der Waals surface area contributed by atoms with Crippen molar-refractivity contribution < 1.29 is 4.92 Å². The average Bonchev–Trinajstić information content (AvgIpc) is 2.97. The van der Waals surface area contributed by atoms with Gasteiger partial charge in [-0.15, -0.1) is 0 Å². The smallest absolute Gasteiger partial charge is 0.270 e. The van der Waals surface area contributed by atoms with E-state index in [1.807, 2.05) is 17.5 Å². The zero-order chi connectivity index (χ0) is 13.9. The van der Waals surface area contributed by atoms with Crippen LogP contribution in [-0.2, 0) is 6.54 Å².